The molecule has 5 heteroatoms. The summed E-state index contributed by atoms with van der Waals surface area (Å²) in [6, 6.07) is 1.93. The Morgan fingerprint density at radius 3 is 2.67 bits per heavy atom. The molecule has 15 heavy (non-hydrogen) atoms. The zero-order valence-corrected chi connectivity index (χ0v) is 8.38. The molecule has 1 rings (SSSR count). The van der Waals surface area contributed by atoms with Crippen LogP contribution in [0.15, 0.2) is 18.2 Å². The molecule has 3 nitrogen and oxygen atoms in total. The highest BCUT2D eigenvalue weighted by Gasteiger charge is 2.22. The van der Waals surface area contributed by atoms with Gasteiger partial charge in [-0.2, -0.15) is 0 Å². The molecule has 82 valence electrons. The molecule has 0 saturated carbocycles. The van der Waals surface area contributed by atoms with Crippen LogP contribution in [-0.2, 0) is 9.53 Å². The molecule has 0 amide bonds. The fourth-order valence-corrected chi connectivity index (χ4v) is 1.25. The molecule has 0 radical (unpaired) electrons. The number of ether oxygens (including phenoxy) is 1. The Morgan fingerprint density at radius 1 is 1.47 bits per heavy atom. The predicted octanol–water partition coefficient (Wildman–Crippen LogP) is 1.40. The standard InChI is InChI=1S/C10H11F2NO2/c1-13-9(10(14)15-2)7-5-6(11)3-4-8(7)12/h3-5,9,13H,1-2H3/t9-/m0/s1. The second-order valence-corrected chi connectivity index (χ2v) is 2.91. The summed E-state index contributed by atoms with van der Waals surface area (Å²) in [7, 11) is 2.65. The highest BCUT2D eigenvalue weighted by Crippen LogP contribution is 2.19. The molecular formula is C10H11F2NO2. The van der Waals surface area contributed by atoms with Crippen LogP contribution in [0.2, 0.25) is 0 Å². The zero-order chi connectivity index (χ0) is 11.4. The van der Waals surface area contributed by atoms with Crippen molar-refractivity contribution in [2.24, 2.45) is 0 Å². The fraction of sp³-hybridized carbons (Fsp3) is 0.300. The Hall–Kier alpha value is -1.49. The van der Waals surface area contributed by atoms with Crippen LogP contribution in [0.5, 0.6) is 0 Å². The van der Waals surface area contributed by atoms with Gasteiger partial charge in [0, 0.05) is 5.56 Å². The van der Waals surface area contributed by atoms with Crippen LogP contribution < -0.4 is 5.32 Å². The average molecular weight is 215 g/mol. The summed E-state index contributed by atoms with van der Waals surface area (Å²) in [4.78, 5) is 11.2. The lowest BCUT2D eigenvalue weighted by Gasteiger charge is -2.14. The molecule has 0 spiro atoms. The molecule has 0 heterocycles. The Bertz CT molecular complexity index is 368. The van der Waals surface area contributed by atoms with Crippen molar-refractivity contribution in [3.63, 3.8) is 0 Å². The first kappa shape index (κ1) is 11.6. The van der Waals surface area contributed by atoms with Gasteiger partial charge in [-0.3, -0.25) is 0 Å². The van der Waals surface area contributed by atoms with Crippen LogP contribution in [0.25, 0.3) is 0 Å². The Morgan fingerprint density at radius 2 is 2.13 bits per heavy atom. The Kier molecular flexibility index (Phi) is 3.74. The van der Waals surface area contributed by atoms with Crippen LogP contribution >= 0.6 is 0 Å². The molecule has 1 atom stereocenters. The molecule has 1 N–H and O–H groups in total. The largest absolute Gasteiger partial charge is 0.468 e. The van der Waals surface area contributed by atoms with E-state index in [4.69, 9.17) is 0 Å². The van der Waals surface area contributed by atoms with Crippen LogP contribution in [0.3, 0.4) is 0 Å². The fourth-order valence-electron chi connectivity index (χ4n) is 1.25. The summed E-state index contributed by atoms with van der Waals surface area (Å²) < 4.78 is 30.6. The van der Waals surface area contributed by atoms with Crippen LogP contribution in [0.1, 0.15) is 11.6 Å². The summed E-state index contributed by atoms with van der Waals surface area (Å²) >= 11 is 0. The maximum absolute atomic E-state index is 13.3. The maximum atomic E-state index is 13.3. The molecule has 0 saturated heterocycles. The van der Waals surface area contributed by atoms with Crippen molar-refractivity contribution in [2.75, 3.05) is 14.2 Å². The lowest BCUT2D eigenvalue weighted by atomic mass is 10.1. The van der Waals surface area contributed by atoms with Gasteiger partial charge in [0.05, 0.1) is 7.11 Å². The molecule has 0 fully saturated rings. The van der Waals surface area contributed by atoms with Crippen molar-refractivity contribution >= 4 is 5.97 Å². The molecule has 0 aliphatic carbocycles. The maximum Gasteiger partial charge on any atom is 0.327 e. The van der Waals surface area contributed by atoms with Crippen LogP contribution in [-0.4, -0.2) is 20.1 Å². The van der Waals surface area contributed by atoms with Gasteiger partial charge in [0.2, 0.25) is 0 Å². The third-order valence-electron chi connectivity index (χ3n) is 1.99. The SMILES string of the molecule is CN[C@H](C(=O)OC)c1cc(F)ccc1F. The van der Waals surface area contributed by atoms with Gasteiger partial charge in [-0.25, -0.2) is 13.6 Å². The van der Waals surface area contributed by atoms with E-state index in [-0.39, 0.29) is 5.56 Å². The van der Waals surface area contributed by atoms with Crippen molar-refractivity contribution in [2.45, 2.75) is 6.04 Å². The van der Waals surface area contributed by atoms with Crippen LogP contribution in [0.4, 0.5) is 8.78 Å². The first-order valence-electron chi connectivity index (χ1n) is 4.30. The first-order valence-corrected chi connectivity index (χ1v) is 4.30. The summed E-state index contributed by atoms with van der Waals surface area (Å²) in [5.41, 5.74) is -0.0654. The minimum Gasteiger partial charge on any atom is -0.468 e. The number of methoxy groups -OCH3 is 1. The third-order valence-corrected chi connectivity index (χ3v) is 1.99. The molecule has 0 aromatic heterocycles. The van der Waals surface area contributed by atoms with Gasteiger partial charge in [0.25, 0.3) is 0 Å². The van der Waals surface area contributed by atoms with Gasteiger partial charge in [-0.15, -0.1) is 0 Å². The molecule has 1 aromatic rings. The number of likely N-dealkylation sites (N-methyl/N-ethyl adjacent to an activating group) is 1. The number of carbonyl (C=O) groups is 1. The van der Waals surface area contributed by atoms with Crippen LogP contribution in [0, 0.1) is 11.6 Å². The number of carbonyl (C=O) groups excluding carboxylic acids is 1. The lowest BCUT2D eigenvalue weighted by Crippen LogP contribution is -2.27. The third kappa shape index (κ3) is 2.50. The second kappa shape index (κ2) is 4.84. The van der Waals surface area contributed by atoms with Crippen molar-refractivity contribution in [3.8, 4) is 0 Å². The van der Waals surface area contributed by atoms with Gasteiger partial charge >= 0.3 is 5.97 Å². The minimum atomic E-state index is -0.995. The van der Waals surface area contributed by atoms with E-state index in [2.05, 4.69) is 10.1 Å². The predicted molar refractivity (Wildman–Crippen MR) is 50.2 cm³/mol. The Labute approximate surface area is 86.0 Å². The summed E-state index contributed by atoms with van der Waals surface area (Å²) in [5.74, 6) is -1.92. The normalized spacial score (nSPS) is 12.3. The minimum absolute atomic E-state index is 0.0654. The van der Waals surface area contributed by atoms with Gasteiger partial charge in [-0.05, 0) is 25.2 Å². The molecule has 1 aromatic carbocycles. The smallest absolute Gasteiger partial charge is 0.327 e. The number of esters is 1. The summed E-state index contributed by atoms with van der Waals surface area (Å²) in [6.45, 7) is 0. The van der Waals surface area contributed by atoms with Crippen molar-refractivity contribution in [1.29, 1.82) is 0 Å². The van der Waals surface area contributed by atoms with Crippen molar-refractivity contribution in [3.05, 3.63) is 35.4 Å². The first-order chi connectivity index (χ1) is 7.10. The Balaban J connectivity index is 3.11. The molecule has 0 bridgehead atoms. The average Bonchev–Trinajstić information content (AvgIpc) is 2.23. The number of hydrogen-bond donors (Lipinski definition) is 1. The van der Waals surface area contributed by atoms with E-state index in [1.165, 1.54) is 14.2 Å². The topological polar surface area (TPSA) is 38.3 Å². The molecule has 0 aliphatic rings. The molecule has 0 unspecified atom stereocenters. The van der Waals surface area contributed by atoms with E-state index < -0.39 is 23.6 Å². The second-order valence-electron chi connectivity index (χ2n) is 2.91. The van der Waals surface area contributed by atoms with E-state index >= 15 is 0 Å². The van der Waals surface area contributed by atoms with E-state index in [0.717, 1.165) is 18.2 Å². The number of nitrogens with one attached hydrogen (secondary N) is 1. The number of rotatable bonds is 3. The number of benzene rings is 1. The van der Waals surface area contributed by atoms with Gasteiger partial charge in [0.1, 0.15) is 17.7 Å². The zero-order valence-electron chi connectivity index (χ0n) is 8.38. The van der Waals surface area contributed by atoms with E-state index in [1.54, 1.807) is 0 Å². The highest BCUT2D eigenvalue weighted by atomic mass is 19.1. The van der Waals surface area contributed by atoms with Crippen molar-refractivity contribution < 1.29 is 18.3 Å². The van der Waals surface area contributed by atoms with E-state index in [1.807, 2.05) is 0 Å². The van der Waals surface area contributed by atoms with Gasteiger partial charge in [0.15, 0.2) is 0 Å². The van der Waals surface area contributed by atoms with Crippen molar-refractivity contribution in [1.82, 2.24) is 5.32 Å². The quantitative estimate of drug-likeness (QED) is 0.774. The van der Waals surface area contributed by atoms with E-state index in [9.17, 15) is 13.6 Å². The summed E-state index contributed by atoms with van der Waals surface area (Å²) in [5, 5.41) is 2.56. The van der Waals surface area contributed by atoms with Gasteiger partial charge < -0.3 is 10.1 Å². The monoisotopic (exact) mass is 215 g/mol. The highest BCUT2D eigenvalue weighted by molar-refractivity contribution is 5.77. The van der Waals surface area contributed by atoms with E-state index in [0.29, 0.717) is 0 Å². The summed E-state index contributed by atoms with van der Waals surface area (Å²) in [6.07, 6.45) is 0. The van der Waals surface area contributed by atoms with Gasteiger partial charge in [-0.1, -0.05) is 0 Å². The molecular weight excluding hydrogens is 204 g/mol. The molecule has 0 aliphatic heterocycles. The lowest BCUT2D eigenvalue weighted by molar-refractivity contribution is -0.143. The number of halogens is 2. The number of hydrogen-bond acceptors (Lipinski definition) is 3.